The van der Waals surface area contributed by atoms with Gasteiger partial charge in [-0.3, -0.25) is 4.98 Å². The number of fused-ring (bicyclic) bond motifs is 1. The first-order chi connectivity index (χ1) is 10.5. The second kappa shape index (κ2) is 7.45. The molecule has 0 fully saturated rings. The first-order valence-electron chi connectivity index (χ1n) is 7.42. The monoisotopic (exact) mass is 320 g/mol. The second-order valence-corrected chi connectivity index (χ2v) is 6.10. The van der Waals surface area contributed by atoms with Crippen molar-refractivity contribution >= 4 is 28.6 Å². The van der Waals surface area contributed by atoms with Gasteiger partial charge in [0.2, 0.25) is 0 Å². The SMILES string of the molecule is Cc1c(Cl)c(CCNC(=O)OCC(C)C)cc2cccnc12. The number of carbonyl (C=O) groups excluding carboxylic acids is 1. The molecule has 1 heterocycles. The average molecular weight is 321 g/mol. The zero-order valence-corrected chi connectivity index (χ0v) is 13.9. The van der Waals surface area contributed by atoms with Crippen LogP contribution in [-0.4, -0.2) is 24.2 Å². The number of pyridine rings is 1. The van der Waals surface area contributed by atoms with Gasteiger partial charge in [-0.05, 0) is 42.5 Å². The highest BCUT2D eigenvalue weighted by molar-refractivity contribution is 6.33. The number of amides is 1. The van der Waals surface area contributed by atoms with E-state index < -0.39 is 0 Å². The molecule has 0 saturated carbocycles. The minimum absolute atomic E-state index is 0.329. The van der Waals surface area contributed by atoms with E-state index in [0.29, 0.717) is 30.5 Å². The zero-order valence-electron chi connectivity index (χ0n) is 13.1. The zero-order chi connectivity index (χ0) is 16.1. The lowest BCUT2D eigenvalue weighted by Crippen LogP contribution is -2.27. The highest BCUT2D eigenvalue weighted by Gasteiger charge is 2.10. The molecular weight excluding hydrogens is 300 g/mol. The van der Waals surface area contributed by atoms with Gasteiger partial charge in [0, 0.05) is 23.2 Å². The maximum atomic E-state index is 11.5. The summed E-state index contributed by atoms with van der Waals surface area (Å²) in [5.74, 6) is 0.329. The van der Waals surface area contributed by atoms with Crippen LogP contribution in [0.15, 0.2) is 24.4 Å². The van der Waals surface area contributed by atoms with Crippen molar-refractivity contribution < 1.29 is 9.53 Å². The maximum absolute atomic E-state index is 11.5. The van der Waals surface area contributed by atoms with Crippen LogP contribution in [0, 0.1) is 12.8 Å². The summed E-state index contributed by atoms with van der Waals surface area (Å²) in [6.45, 7) is 6.87. The molecule has 2 rings (SSSR count). The van der Waals surface area contributed by atoms with Gasteiger partial charge >= 0.3 is 6.09 Å². The Hall–Kier alpha value is -1.81. The summed E-state index contributed by atoms with van der Waals surface area (Å²) in [7, 11) is 0. The summed E-state index contributed by atoms with van der Waals surface area (Å²) in [6, 6.07) is 5.94. The summed E-state index contributed by atoms with van der Waals surface area (Å²) in [5.41, 5.74) is 2.89. The molecule has 118 valence electrons. The van der Waals surface area contributed by atoms with Crippen molar-refractivity contribution in [2.24, 2.45) is 5.92 Å². The molecule has 4 nitrogen and oxygen atoms in total. The molecule has 1 N–H and O–H groups in total. The Morgan fingerprint density at radius 3 is 2.95 bits per heavy atom. The molecule has 0 unspecified atom stereocenters. The maximum Gasteiger partial charge on any atom is 0.407 e. The Labute approximate surface area is 135 Å². The number of benzene rings is 1. The lowest BCUT2D eigenvalue weighted by molar-refractivity contribution is 0.133. The first kappa shape index (κ1) is 16.6. The Morgan fingerprint density at radius 1 is 1.45 bits per heavy atom. The molecule has 1 amide bonds. The summed E-state index contributed by atoms with van der Waals surface area (Å²) < 4.78 is 5.07. The van der Waals surface area contributed by atoms with Crippen LogP contribution in [0.25, 0.3) is 10.9 Å². The highest BCUT2D eigenvalue weighted by Crippen LogP contribution is 2.28. The van der Waals surface area contributed by atoms with Crippen LogP contribution >= 0.6 is 11.6 Å². The number of aromatic nitrogens is 1. The van der Waals surface area contributed by atoms with Gasteiger partial charge in [0.1, 0.15) is 0 Å². The van der Waals surface area contributed by atoms with E-state index in [1.54, 1.807) is 6.20 Å². The molecule has 0 aliphatic heterocycles. The number of hydrogen-bond donors (Lipinski definition) is 1. The number of aryl methyl sites for hydroxylation is 1. The Balaban J connectivity index is 2.00. The van der Waals surface area contributed by atoms with E-state index in [1.807, 2.05) is 39.0 Å². The third-order valence-electron chi connectivity index (χ3n) is 3.35. The molecule has 1 aromatic heterocycles. The third kappa shape index (κ3) is 4.10. The largest absolute Gasteiger partial charge is 0.449 e. The van der Waals surface area contributed by atoms with E-state index in [1.165, 1.54) is 0 Å². The van der Waals surface area contributed by atoms with Gasteiger partial charge in [0.15, 0.2) is 0 Å². The molecule has 0 saturated heterocycles. The van der Waals surface area contributed by atoms with E-state index in [2.05, 4.69) is 10.3 Å². The van der Waals surface area contributed by atoms with Crippen LogP contribution in [0.1, 0.15) is 25.0 Å². The summed E-state index contributed by atoms with van der Waals surface area (Å²) in [4.78, 5) is 15.9. The molecule has 0 bridgehead atoms. The Bertz CT molecular complexity index is 671. The van der Waals surface area contributed by atoms with E-state index >= 15 is 0 Å². The van der Waals surface area contributed by atoms with Gasteiger partial charge in [-0.15, -0.1) is 0 Å². The molecule has 0 atom stereocenters. The van der Waals surface area contributed by atoms with Crippen molar-refractivity contribution in [1.82, 2.24) is 10.3 Å². The fourth-order valence-electron chi connectivity index (χ4n) is 2.22. The number of halogens is 1. The number of nitrogens with zero attached hydrogens (tertiary/aromatic N) is 1. The Morgan fingerprint density at radius 2 is 2.23 bits per heavy atom. The van der Waals surface area contributed by atoms with Crippen molar-refractivity contribution in [3.05, 3.63) is 40.5 Å². The molecular formula is C17H21ClN2O2. The summed E-state index contributed by atoms with van der Waals surface area (Å²) in [6.07, 6.45) is 2.03. The van der Waals surface area contributed by atoms with Gasteiger partial charge < -0.3 is 10.1 Å². The van der Waals surface area contributed by atoms with Gasteiger partial charge in [-0.1, -0.05) is 31.5 Å². The highest BCUT2D eigenvalue weighted by atomic mass is 35.5. The van der Waals surface area contributed by atoms with E-state index in [4.69, 9.17) is 16.3 Å². The van der Waals surface area contributed by atoms with E-state index in [0.717, 1.165) is 22.0 Å². The quantitative estimate of drug-likeness (QED) is 0.901. The Kier molecular flexibility index (Phi) is 5.61. The lowest BCUT2D eigenvalue weighted by atomic mass is 10.0. The lowest BCUT2D eigenvalue weighted by Gasteiger charge is -2.11. The summed E-state index contributed by atoms with van der Waals surface area (Å²) in [5, 5.41) is 4.51. The van der Waals surface area contributed by atoms with Crippen molar-refractivity contribution in [2.45, 2.75) is 27.2 Å². The van der Waals surface area contributed by atoms with E-state index in [-0.39, 0.29) is 6.09 Å². The normalized spacial score (nSPS) is 11.0. The first-order valence-corrected chi connectivity index (χ1v) is 7.80. The van der Waals surface area contributed by atoms with Crippen molar-refractivity contribution in [3.8, 4) is 0 Å². The van der Waals surface area contributed by atoms with Crippen LogP contribution in [0.3, 0.4) is 0 Å². The molecule has 1 aromatic carbocycles. The van der Waals surface area contributed by atoms with Crippen molar-refractivity contribution in [2.75, 3.05) is 13.2 Å². The minimum atomic E-state index is -0.385. The number of carbonyl (C=O) groups is 1. The van der Waals surface area contributed by atoms with Gasteiger partial charge in [-0.25, -0.2) is 4.79 Å². The standard InChI is InChI=1S/C17H21ClN2O2/c1-11(2)10-22-17(21)20-8-6-13-9-14-5-4-7-19-16(14)12(3)15(13)18/h4-5,7,9,11H,6,8,10H2,1-3H3,(H,20,21). The van der Waals surface area contributed by atoms with Crippen molar-refractivity contribution in [1.29, 1.82) is 0 Å². The number of rotatable bonds is 5. The topological polar surface area (TPSA) is 51.2 Å². The molecule has 0 radical (unpaired) electrons. The number of hydrogen-bond acceptors (Lipinski definition) is 3. The predicted octanol–water partition coefficient (Wildman–Crippen LogP) is 4.12. The van der Waals surface area contributed by atoms with Crippen LogP contribution in [0.4, 0.5) is 4.79 Å². The molecule has 0 aliphatic rings. The van der Waals surface area contributed by atoms with Crippen LogP contribution in [-0.2, 0) is 11.2 Å². The number of alkyl carbamates (subject to hydrolysis) is 1. The smallest absolute Gasteiger partial charge is 0.407 e. The summed E-state index contributed by atoms with van der Waals surface area (Å²) >= 11 is 6.41. The average Bonchev–Trinajstić information content (AvgIpc) is 2.50. The second-order valence-electron chi connectivity index (χ2n) is 5.72. The minimum Gasteiger partial charge on any atom is -0.449 e. The number of nitrogens with one attached hydrogen (secondary N) is 1. The molecule has 22 heavy (non-hydrogen) atoms. The van der Waals surface area contributed by atoms with E-state index in [9.17, 15) is 4.79 Å². The molecule has 2 aromatic rings. The van der Waals surface area contributed by atoms with Crippen LogP contribution in [0.5, 0.6) is 0 Å². The molecule has 5 heteroatoms. The fraction of sp³-hybridized carbons (Fsp3) is 0.412. The van der Waals surface area contributed by atoms with Gasteiger partial charge in [-0.2, -0.15) is 0 Å². The third-order valence-corrected chi connectivity index (χ3v) is 3.87. The predicted molar refractivity (Wildman–Crippen MR) is 89.4 cm³/mol. The molecule has 0 aliphatic carbocycles. The van der Waals surface area contributed by atoms with Crippen LogP contribution in [0.2, 0.25) is 5.02 Å². The number of ether oxygens (including phenoxy) is 1. The fourth-order valence-corrected chi connectivity index (χ4v) is 2.46. The van der Waals surface area contributed by atoms with Gasteiger partial charge in [0.05, 0.1) is 12.1 Å². The van der Waals surface area contributed by atoms with Crippen LogP contribution < -0.4 is 5.32 Å². The molecule has 0 spiro atoms. The van der Waals surface area contributed by atoms with Gasteiger partial charge in [0.25, 0.3) is 0 Å². The van der Waals surface area contributed by atoms with Crippen molar-refractivity contribution in [3.63, 3.8) is 0 Å².